The maximum atomic E-state index is 11.6. The van der Waals surface area contributed by atoms with E-state index in [4.69, 9.17) is 4.74 Å². The Morgan fingerprint density at radius 1 is 1.41 bits per heavy atom. The Morgan fingerprint density at radius 3 is 2.86 bits per heavy atom. The molecule has 0 spiro atoms. The number of nitrogens with one attached hydrogen (secondary N) is 2. The van der Waals surface area contributed by atoms with Gasteiger partial charge in [-0.2, -0.15) is 5.10 Å². The van der Waals surface area contributed by atoms with E-state index >= 15 is 0 Å². The predicted octanol–water partition coefficient (Wildman–Crippen LogP) is 3.11. The Labute approximate surface area is 136 Å². The van der Waals surface area contributed by atoms with Crippen molar-refractivity contribution in [2.75, 3.05) is 12.5 Å². The first kappa shape index (κ1) is 16.2. The number of hydrogen-bond donors (Lipinski definition) is 2. The lowest BCUT2D eigenvalue weighted by atomic mass is 10.1. The fourth-order valence-corrected chi connectivity index (χ4v) is 2.17. The highest BCUT2D eigenvalue weighted by molar-refractivity contribution is 9.10. The summed E-state index contributed by atoms with van der Waals surface area (Å²) < 4.78 is 6.18. The number of aromatic amines is 1. The Morgan fingerprint density at radius 2 is 2.18 bits per heavy atom. The van der Waals surface area contributed by atoms with Gasteiger partial charge in [0.25, 0.3) is 5.56 Å². The number of rotatable bonds is 5. The molecule has 1 aromatic carbocycles. The molecule has 6 nitrogen and oxygen atoms in total. The third kappa shape index (κ3) is 4.17. The largest absolute Gasteiger partial charge is 0.496 e. The number of methoxy groups -OCH3 is 1. The van der Waals surface area contributed by atoms with Gasteiger partial charge in [0.2, 0.25) is 5.95 Å². The van der Waals surface area contributed by atoms with Crippen molar-refractivity contribution in [3.63, 3.8) is 0 Å². The highest BCUT2D eigenvalue weighted by Crippen LogP contribution is 2.21. The van der Waals surface area contributed by atoms with Crippen LogP contribution in [0.15, 0.2) is 38.6 Å². The topological polar surface area (TPSA) is 79.4 Å². The van der Waals surface area contributed by atoms with E-state index in [1.165, 1.54) is 6.07 Å². The minimum atomic E-state index is -0.212. The van der Waals surface area contributed by atoms with Crippen molar-refractivity contribution in [1.82, 2.24) is 9.97 Å². The summed E-state index contributed by atoms with van der Waals surface area (Å²) in [7, 11) is 1.60. The van der Waals surface area contributed by atoms with Crippen molar-refractivity contribution in [3.8, 4) is 5.75 Å². The van der Waals surface area contributed by atoms with E-state index in [0.717, 1.165) is 10.0 Å². The molecule has 0 fully saturated rings. The van der Waals surface area contributed by atoms with Gasteiger partial charge in [-0.25, -0.2) is 10.4 Å². The van der Waals surface area contributed by atoms with Gasteiger partial charge in [-0.15, -0.1) is 0 Å². The van der Waals surface area contributed by atoms with Crippen LogP contribution in [-0.2, 0) is 0 Å². The van der Waals surface area contributed by atoms with Crippen LogP contribution >= 0.6 is 15.9 Å². The Balaban J connectivity index is 2.19. The van der Waals surface area contributed by atoms with Crippen molar-refractivity contribution >= 4 is 28.1 Å². The molecule has 0 aliphatic rings. The van der Waals surface area contributed by atoms with Crippen molar-refractivity contribution in [3.05, 3.63) is 50.3 Å². The highest BCUT2D eigenvalue weighted by Gasteiger charge is 2.05. The molecule has 2 N–H and O–H groups in total. The molecule has 0 saturated heterocycles. The zero-order valence-corrected chi connectivity index (χ0v) is 14.1. The van der Waals surface area contributed by atoms with E-state index in [0.29, 0.717) is 17.4 Å². The fourth-order valence-electron chi connectivity index (χ4n) is 1.79. The average Bonchev–Trinajstić information content (AvgIpc) is 2.47. The summed E-state index contributed by atoms with van der Waals surface area (Å²) in [6.45, 7) is 3.95. The summed E-state index contributed by atoms with van der Waals surface area (Å²) in [6.07, 6.45) is 1.60. The maximum absolute atomic E-state index is 11.6. The van der Waals surface area contributed by atoms with E-state index < -0.39 is 0 Å². The Kier molecular flexibility index (Phi) is 5.32. The van der Waals surface area contributed by atoms with Gasteiger partial charge in [-0.3, -0.25) is 9.78 Å². The fraction of sp³-hybridized carbons (Fsp3) is 0.267. The molecule has 0 bridgehead atoms. The molecular formula is C15H17BrN4O2. The molecule has 2 rings (SSSR count). The van der Waals surface area contributed by atoms with Gasteiger partial charge < -0.3 is 4.74 Å². The number of aromatic nitrogens is 2. The number of anilines is 1. The number of H-pyrrole nitrogens is 1. The lowest BCUT2D eigenvalue weighted by Gasteiger charge is -2.06. The monoisotopic (exact) mass is 364 g/mol. The molecule has 2 aromatic rings. The summed E-state index contributed by atoms with van der Waals surface area (Å²) >= 11 is 3.40. The van der Waals surface area contributed by atoms with Crippen LogP contribution in [0.3, 0.4) is 0 Å². The van der Waals surface area contributed by atoms with Crippen LogP contribution in [-0.4, -0.2) is 23.3 Å². The van der Waals surface area contributed by atoms with Crippen LogP contribution in [0.4, 0.5) is 5.95 Å². The number of hydrazone groups is 1. The molecule has 0 amide bonds. The molecule has 116 valence electrons. The zero-order chi connectivity index (χ0) is 16.1. The van der Waals surface area contributed by atoms with Crippen molar-refractivity contribution in [1.29, 1.82) is 0 Å². The lowest BCUT2D eigenvalue weighted by molar-refractivity contribution is 0.414. The van der Waals surface area contributed by atoms with Crippen LogP contribution in [0.1, 0.15) is 31.0 Å². The maximum Gasteiger partial charge on any atom is 0.252 e. The second-order valence-corrected chi connectivity index (χ2v) is 5.85. The van der Waals surface area contributed by atoms with Crippen LogP contribution < -0.4 is 15.7 Å². The predicted molar refractivity (Wildman–Crippen MR) is 90.9 cm³/mol. The van der Waals surface area contributed by atoms with Crippen LogP contribution in [0.5, 0.6) is 5.75 Å². The van der Waals surface area contributed by atoms with Gasteiger partial charge in [0.1, 0.15) is 5.75 Å². The van der Waals surface area contributed by atoms with E-state index in [9.17, 15) is 4.79 Å². The molecule has 0 aliphatic heterocycles. The number of ether oxygens (including phenoxy) is 1. The highest BCUT2D eigenvalue weighted by atomic mass is 79.9. The van der Waals surface area contributed by atoms with Crippen molar-refractivity contribution in [2.45, 2.75) is 19.8 Å². The molecule has 1 aromatic heterocycles. The quantitative estimate of drug-likeness (QED) is 0.630. The third-order valence-electron chi connectivity index (χ3n) is 2.92. The van der Waals surface area contributed by atoms with E-state index in [2.05, 4.69) is 36.4 Å². The van der Waals surface area contributed by atoms with Gasteiger partial charge >= 0.3 is 0 Å². The molecule has 0 aliphatic carbocycles. The molecule has 0 unspecified atom stereocenters. The van der Waals surface area contributed by atoms with Gasteiger partial charge in [0, 0.05) is 16.1 Å². The van der Waals surface area contributed by atoms with E-state index in [-0.39, 0.29) is 11.5 Å². The van der Waals surface area contributed by atoms with Crippen LogP contribution in [0.2, 0.25) is 0 Å². The average molecular weight is 365 g/mol. The summed E-state index contributed by atoms with van der Waals surface area (Å²) in [5, 5.41) is 4.09. The molecular weight excluding hydrogens is 348 g/mol. The standard InChI is InChI=1S/C15H17BrN4O2/c1-9(2)12-7-14(21)19-15(18-12)20-17-8-10-6-11(16)4-5-13(10)22-3/h4-9H,1-3H3,(H2,18,19,20,21)/b17-8-. The molecule has 22 heavy (non-hydrogen) atoms. The van der Waals surface area contributed by atoms with E-state index in [1.54, 1.807) is 13.3 Å². The minimum absolute atomic E-state index is 0.164. The SMILES string of the molecule is COc1ccc(Br)cc1/C=N\Nc1nc(C(C)C)cc(=O)[nH]1. The first-order valence-electron chi connectivity index (χ1n) is 6.73. The third-order valence-corrected chi connectivity index (χ3v) is 3.41. The summed E-state index contributed by atoms with van der Waals surface area (Å²) in [4.78, 5) is 18.5. The number of hydrogen-bond acceptors (Lipinski definition) is 5. The number of benzene rings is 1. The molecule has 0 radical (unpaired) electrons. The smallest absolute Gasteiger partial charge is 0.252 e. The van der Waals surface area contributed by atoms with Gasteiger partial charge in [-0.1, -0.05) is 29.8 Å². The van der Waals surface area contributed by atoms with Crippen LogP contribution in [0.25, 0.3) is 0 Å². The zero-order valence-electron chi connectivity index (χ0n) is 12.6. The number of halogens is 1. The van der Waals surface area contributed by atoms with Gasteiger partial charge in [0.05, 0.1) is 19.0 Å². The summed E-state index contributed by atoms with van der Waals surface area (Å²) in [5.74, 6) is 1.17. The minimum Gasteiger partial charge on any atom is -0.496 e. The summed E-state index contributed by atoms with van der Waals surface area (Å²) in [6, 6.07) is 7.08. The van der Waals surface area contributed by atoms with Crippen molar-refractivity contribution < 1.29 is 4.74 Å². The lowest BCUT2D eigenvalue weighted by Crippen LogP contribution is -2.12. The second-order valence-electron chi connectivity index (χ2n) is 4.93. The molecule has 7 heteroatoms. The Bertz CT molecular complexity index is 741. The molecule has 0 atom stereocenters. The summed E-state index contributed by atoms with van der Waals surface area (Å²) in [5.41, 5.74) is 4.03. The van der Waals surface area contributed by atoms with Gasteiger partial charge in [-0.05, 0) is 24.1 Å². The first-order valence-corrected chi connectivity index (χ1v) is 7.52. The molecule has 1 heterocycles. The Hall–Kier alpha value is -2.15. The van der Waals surface area contributed by atoms with E-state index in [1.807, 2.05) is 32.0 Å². The second kappa shape index (κ2) is 7.22. The normalized spacial score (nSPS) is 11.1. The van der Waals surface area contributed by atoms with Crippen LogP contribution in [0, 0.1) is 0 Å². The number of nitrogens with zero attached hydrogens (tertiary/aromatic N) is 2. The van der Waals surface area contributed by atoms with Gasteiger partial charge in [0.15, 0.2) is 0 Å². The first-order chi connectivity index (χ1) is 10.5. The van der Waals surface area contributed by atoms with Crippen molar-refractivity contribution in [2.24, 2.45) is 5.10 Å². The molecule has 0 saturated carbocycles.